The number of aromatic nitrogens is 2. The molecular weight excluding hydrogens is 454 g/mol. The quantitative estimate of drug-likeness (QED) is 0.441. The number of benzene rings is 2. The molecule has 0 unspecified atom stereocenters. The lowest BCUT2D eigenvalue weighted by Crippen LogP contribution is -2.12. The van der Waals surface area contributed by atoms with Crippen molar-refractivity contribution in [1.82, 2.24) is 9.78 Å². The monoisotopic (exact) mass is 471 g/mol. The smallest absolute Gasteiger partial charge is 0.359 e. The van der Waals surface area contributed by atoms with E-state index in [1.807, 2.05) is 0 Å². The number of hydrogen-bond donors (Lipinski definition) is 1. The molecule has 0 fully saturated rings. The van der Waals surface area contributed by atoms with Crippen LogP contribution in [-0.4, -0.2) is 28.9 Å². The van der Waals surface area contributed by atoms with Crippen molar-refractivity contribution in [3.8, 4) is 0 Å². The fraction of sp³-hybridized carbons (Fsp3) is 0.238. The zero-order valence-corrected chi connectivity index (χ0v) is 17.9. The Morgan fingerprint density at radius 2 is 1.87 bits per heavy atom. The molecule has 0 atom stereocenters. The van der Waals surface area contributed by atoms with Gasteiger partial charge in [-0.25, -0.2) is 22.6 Å². The number of ether oxygens (including phenoxy) is 1. The second kappa shape index (κ2) is 10.1. The van der Waals surface area contributed by atoms with Gasteiger partial charge in [0.25, 0.3) is 0 Å². The summed E-state index contributed by atoms with van der Waals surface area (Å²) in [5.74, 6) is -2.75. The topological polar surface area (TPSA) is 56.1 Å². The fourth-order valence-electron chi connectivity index (χ4n) is 3.01. The zero-order valence-electron chi connectivity index (χ0n) is 16.4. The van der Waals surface area contributed by atoms with Crippen LogP contribution in [0.5, 0.6) is 0 Å². The van der Waals surface area contributed by atoms with Crippen LogP contribution >= 0.6 is 23.2 Å². The van der Waals surface area contributed by atoms with E-state index < -0.39 is 23.4 Å². The Labute approximate surface area is 186 Å². The average Bonchev–Trinajstić information content (AvgIpc) is 3.00. The summed E-state index contributed by atoms with van der Waals surface area (Å²) in [6, 6.07) is 7.60. The molecule has 0 spiro atoms. The number of nitrogens with one attached hydrogen (secondary N) is 1. The number of rotatable bonds is 8. The predicted molar refractivity (Wildman–Crippen MR) is 112 cm³/mol. The van der Waals surface area contributed by atoms with Crippen LogP contribution in [0.1, 0.15) is 28.5 Å². The molecule has 0 saturated carbocycles. The highest BCUT2D eigenvalue weighted by Crippen LogP contribution is 2.25. The number of anilines is 1. The fourth-order valence-corrected chi connectivity index (χ4v) is 3.46. The van der Waals surface area contributed by atoms with E-state index in [9.17, 15) is 18.0 Å². The van der Waals surface area contributed by atoms with E-state index in [1.165, 1.54) is 16.8 Å². The number of carbonyl (C=O) groups is 1. The van der Waals surface area contributed by atoms with Gasteiger partial charge in [-0.2, -0.15) is 5.10 Å². The summed E-state index contributed by atoms with van der Waals surface area (Å²) in [5, 5.41) is 7.17. The Bertz CT molecular complexity index is 1090. The molecule has 2 aromatic carbocycles. The highest BCUT2D eigenvalue weighted by atomic mass is 35.5. The van der Waals surface area contributed by atoms with Gasteiger partial charge in [0.15, 0.2) is 11.5 Å². The molecule has 10 heteroatoms. The van der Waals surface area contributed by atoms with Crippen molar-refractivity contribution >= 4 is 34.9 Å². The molecule has 0 aliphatic heterocycles. The molecule has 1 aromatic heterocycles. The van der Waals surface area contributed by atoms with Gasteiger partial charge in [0.2, 0.25) is 0 Å². The Kier molecular flexibility index (Phi) is 7.46. The zero-order chi connectivity index (χ0) is 22.5. The number of carbonyl (C=O) groups excluding carboxylic acids is 1. The third kappa shape index (κ3) is 5.51. The maximum absolute atomic E-state index is 14.1. The number of halogens is 5. The van der Waals surface area contributed by atoms with Gasteiger partial charge in [-0.05, 0) is 43.2 Å². The average molecular weight is 472 g/mol. The molecule has 31 heavy (non-hydrogen) atoms. The first-order valence-electron chi connectivity index (χ1n) is 9.35. The van der Waals surface area contributed by atoms with Crippen LogP contribution in [0, 0.1) is 17.5 Å². The van der Waals surface area contributed by atoms with Gasteiger partial charge in [0.1, 0.15) is 16.8 Å². The predicted octanol–water partition coefficient (Wildman–Crippen LogP) is 5.49. The van der Waals surface area contributed by atoms with Crippen molar-refractivity contribution < 1.29 is 22.7 Å². The van der Waals surface area contributed by atoms with Crippen LogP contribution in [0.4, 0.5) is 18.9 Å². The summed E-state index contributed by atoms with van der Waals surface area (Å²) in [7, 11) is 0. The second-order valence-electron chi connectivity index (χ2n) is 6.55. The minimum Gasteiger partial charge on any atom is -0.461 e. The van der Waals surface area contributed by atoms with Crippen molar-refractivity contribution in [2.75, 3.05) is 18.5 Å². The molecule has 5 nitrogen and oxygen atoms in total. The lowest BCUT2D eigenvalue weighted by Gasteiger charge is -2.09. The number of hydrogen-bond acceptors (Lipinski definition) is 4. The Balaban J connectivity index is 1.85. The molecule has 0 aliphatic rings. The van der Waals surface area contributed by atoms with Crippen molar-refractivity contribution in [2.24, 2.45) is 0 Å². The van der Waals surface area contributed by atoms with Crippen LogP contribution in [0.3, 0.4) is 0 Å². The summed E-state index contributed by atoms with van der Waals surface area (Å²) >= 11 is 12.2. The highest BCUT2D eigenvalue weighted by Gasteiger charge is 2.23. The van der Waals surface area contributed by atoms with Crippen LogP contribution in [-0.2, 0) is 17.7 Å². The van der Waals surface area contributed by atoms with Gasteiger partial charge in [-0.15, -0.1) is 0 Å². The summed E-state index contributed by atoms with van der Waals surface area (Å²) in [4.78, 5) is 12.3. The van der Waals surface area contributed by atoms with E-state index in [0.29, 0.717) is 5.56 Å². The minimum absolute atomic E-state index is 0.0166. The van der Waals surface area contributed by atoms with Gasteiger partial charge < -0.3 is 10.1 Å². The summed E-state index contributed by atoms with van der Waals surface area (Å²) in [6.45, 7) is 1.93. The van der Waals surface area contributed by atoms with E-state index in [0.717, 1.165) is 18.2 Å². The van der Waals surface area contributed by atoms with E-state index >= 15 is 0 Å². The molecule has 3 rings (SSSR count). The first kappa shape index (κ1) is 23.0. The molecule has 0 radical (unpaired) electrons. The molecule has 0 bridgehead atoms. The van der Waals surface area contributed by atoms with Gasteiger partial charge >= 0.3 is 5.97 Å². The van der Waals surface area contributed by atoms with E-state index in [-0.39, 0.29) is 53.2 Å². The third-order valence-corrected chi connectivity index (χ3v) is 5.06. The molecule has 3 aromatic rings. The molecule has 1 N–H and O–H groups in total. The molecule has 0 saturated heterocycles. The van der Waals surface area contributed by atoms with Crippen LogP contribution < -0.4 is 5.32 Å². The minimum atomic E-state index is -0.739. The van der Waals surface area contributed by atoms with Crippen molar-refractivity contribution in [3.05, 3.63) is 80.8 Å². The van der Waals surface area contributed by atoms with Crippen molar-refractivity contribution in [1.29, 1.82) is 0 Å². The van der Waals surface area contributed by atoms with Crippen LogP contribution in [0.2, 0.25) is 10.2 Å². The summed E-state index contributed by atoms with van der Waals surface area (Å²) in [5.41, 5.74) is 0.830. The van der Waals surface area contributed by atoms with Gasteiger partial charge in [-0.1, -0.05) is 29.3 Å². The van der Waals surface area contributed by atoms with E-state index in [4.69, 9.17) is 27.9 Å². The van der Waals surface area contributed by atoms with Crippen molar-refractivity contribution in [3.63, 3.8) is 0 Å². The molecule has 1 heterocycles. The van der Waals surface area contributed by atoms with Crippen LogP contribution in [0.15, 0.2) is 36.4 Å². The standard InChI is InChI=1S/C21H18Cl2F3N3O2/c1-2-31-21(30)19-15(6-7-27-17-5-3-4-16(22)18(17)26)20(23)29(28-19)11-12-8-13(24)10-14(25)9-12/h3-5,8-10,27H,2,6-7,11H2,1H3. The Hall–Kier alpha value is -2.71. The Morgan fingerprint density at radius 3 is 2.55 bits per heavy atom. The normalized spacial score (nSPS) is 10.9. The SMILES string of the molecule is CCOC(=O)c1nn(Cc2cc(F)cc(F)c2)c(Cl)c1CCNc1cccc(Cl)c1F. The molecule has 0 aliphatic carbocycles. The lowest BCUT2D eigenvalue weighted by atomic mass is 10.1. The summed E-state index contributed by atoms with van der Waals surface area (Å²) in [6.07, 6.45) is 0.205. The molecule has 164 valence electrons. The highest BCUT2D eigenvalue weighted by molar-refractivity contribution is 6.31. The van der Waals surface area contributed by atoms with Crippen molar-refractivity contribution in [2.45, 2.75) is 19.9 Å². The van der Waals surface area contributed by atoms with E-state index in [2.05, 4.69) is 10.4 Å². The van der Waals surface area contributed by atoms with Gasteiger partial charge in [0, 0.05) is 18.2 Å². The van der Waals surface area contributed by atoms with Gasteiger partial charge in [-0.3, -0.25) is 0 Å². The summed E-state index contributed by atoms with van der Waals surface area (Å²) < 4.78 is 47.4. The third-order valence-electron chi connectivity index (χ3n) is 4.35. The maximum atomic E-state index is 14.1. The first-order chi connectivity index (χ1) is 14.8. The van der Waals surface area contributed by atoms with E-state index in [1.54, 1.807) is 13.0 Å². The van der Waals surface area contributed by atoms with Gasteiger partial charge in [0.05, 0.1) is 23.9 Å². The molecular formula is C21H18Cl2F3N3O2. The Morgan fingerprint density at radius 1 is 1.16 bits per heavy atom. The number of esters is 1. The second-order valence-corrected chi connectivity index (χ2v) is 7.32. The number of nitrogens with zero attached hydrogens (tertiary/aromatic N) is 2. The molecule has 0 amide bonds. The lowest BCUT2D eigenvalue weighted by molar-refractivity contribution is 0.0517. The largest absolute Gasteiger partial charge is 0.461 e. The maximum Gasteiger partial charge on any atom is 0.359 e. The first-order valence-corrected chi connectivity index (χ1v) is 10.1. The van der Waals surface area contributed by atoms with Crippen LogP contribution in [0.25, 0.3) is 0 Å².